The predicted octanol–water partition coefficient (Wildman–Crippen LogP) is 0.440. The van der Waals surface area contributed by atoms with Crippen molar-refractivity contribution >= 4 is 17.8 Å². The third kappa shape index (κ3) is 3.72. The fourth-order valence-corrected chi connectivity index (χ4v) is 1.62. The van der Waals surface area contributed by atoms with E-state index in [1.807, 2.05) is 0 Å². The summed E-state index contributed by atoms with van der Waals surface area (Å²) in [4.78, 5) is 35.5. The number of nitrogens with two attached hydrogens (primary N) is 1. The van der Waals surface area contributed by atoms with Gasteiger partial charge in [0.1, 0.15) is 17.4 Å². The van der Waals surface area contributed by atoms with E-state index < -0.39 is 23.6 Å². The minimum atomic E-state index is -0.883. The van der Waals surface area contributed by atoms with Crippen LogP contribution in [0.1, 0.15) is 33.6 Å². The predicted molar refractivity (Wildman–Crippen MR) is 60.2 cm³/mol. The highest BCUT2D eigenvalue weighted by atomic mass is 16.6. The molecule has 0 aromatic heterocycles. The summed E-state index contributed by atoms with van der Waals surface area (Å²) in [6, 6.07) is -0.883. The van der Waals surface area contributed by atoms with Crippen LogP contribution in [0.5, 0.6) is 0 Å². The van der Waals surface area contributed by atoms with Gasteiger partial charge in [-0.3, -0.25) is 14.5 Å². The largest absolute Gasteiger partial charge is 0.444 e. The van der Waals surface area contributed by atoms with Gasteiger partial charge in [-0.1, -0.05) is 0 Å². The number of primary amides is 1. The van der Waals surface area contributed by atoms with Crippen LogP contribution in [0.25, 0.3) is 0 Å². The average Bonchev–Trinajstić information content (AvgIpc) is 2.14. The normalized spacial score (nSPS) is 21.2. The van der Waals surface area contributed by atoms with E-state index >= 15 is 0 Å². The number of hydrogen-bond acceptors (Lipinski definition) is 4. The number of hydrogen-bond donors (Lipinski definition) is 1. The van der Waals surface area contributed by atoms with Crippen molar-refractivity contribution in [3.63, 3.8) is 0 Å². The fraction of sp³-hybridized carbons (Fsp3) is 0.727. The lowest BCUT2D eigenvalue weighted by Crippen LogP contribution is -2.53. The molecule has 0 aliphatic carbocycles. The van der Waals surface area contributed by atoms with Crippen LogP contribution in [-0.4, -0.2) is 40.9 Å². The number of carbonyl (C=O) groups excluding carboxylic acids is 3. The van der Waals surface area contributed by atoms with Crippen molar-refractivity contribution in [2.45, 2.75) is 45.3 Å². The SMILES string of the molecule is CC(C)(C)OC(=O)N1CCC(=O)CC1C(N)=O. The average molecular weight is 242 g/mol. The zero-order chi connectivity index (χ0) is 13.2. The van der Waals surface area contributed by atoms with E-state index in [0.717, 1.165) is 0 Å². The number of nitrogens with zero attached hydrogens (tertiary/aromatic N) is 1. The lowest BCUT2D eigenvalue weighted by atomic mass is 10.0. The number of likely N-dealkylation sites (tertiary alicyclic amines) is 1. The van der Waals surface area contributed by atoms with Crippen LogP contribution >= 0.6 is 0 Å². The summed E-state index contributed by atoms with van der Waals surface area (Å²) in [6.45, 7) is 5.39. The summed E-state index contributed by atoms with van der Waals surface area (Å²) in [6.07, 6.45) is -0.383. The van der Waals surface area contributed by atoms with Crippen LogP contribution in [-0.2, 0) is 14.3 Å². The fourth-order valence-electron chi connectivity index (χ4n) is 1.62. The molecule has 1 rings (SSSR count). The van der Waals surface area contributed by atoms with E-state index in [4.69, 9.17) is 10.5 Å². The molecule has 0 aromatic carbocycles. The Bertz CT molecular complexity index is 346. The first-order valence-corrected chi connectivity index (χ1v) is 5.51. The highest BCUT2D eigenvalue weighted by Gasteiger charge is 2.36. The van der Waals surface area contributed by atoms with Crippen LogP contribution in [0.2, 0.25) is 0 Å². The van der Waals surface area contributed by atoms with Gasteiger partial charge in [0.2, 0.25) is 5.91 Å². The Morgan fingerprint density at radius 3 is 2.47 bits per heavy atom. The number of rotatable bonds is 1. The summed E-state index contributed by atoms with van der Waals surface area (Å²) >= 11 is 0. The zero-order valence-electron chi connectivity index (χ0n) is 10.4. The van der Waals surface area contributed by atoms with Gasteiger partial charge in [0.25, 0.3) is 0 Å². The Balaban J connectivity index is 2.76. The molecule has 1 heterocycles. The molecular weight excluding hydrogens is 224 g/mol. The maximum absolute atomic E-state index is 11.8. The van der Waals surface area contributed by atoms with Gasteiger partial charge in [-0.15, -0.1) is 0 Å². The summed E-state index contributed by atoms with van der Waals surface area (Å²) in [5.41, 5.74) is 4.54. The monoisotopic (exact) mass is 242 g/mol. The molecule has 1 unspecified atom stereocenters. The standard InChI is InChI=1S/C11H18N2O4/c1-11(2,3)17-10(16)13-5-4-7(14)6-8(13)9(12)15/h8H,4-6H2,1-3H3,(H2,12,15). The van der Waals surface area contributed by atoms with Gasteiger partial charge in [-0.05, 0) is 20.8 Å². The third-order valence-electron chi connectivity index (χ3n) is 2.39. The molecule has 0 radical (unpaired) electrons. The molecule has 1 aliphatic heterocycles. The van der Waals surface area contributed by atoms with E-state index in [2.05, 4.69) is 0 Å². The Morgan fingerprint density at radius 2 is 2.00 bits per heavy atom. The van der Waals surface area contributed by atoms with E-state index in [9.17, 15) is 14.4 Å². The maximum atomic E-state index is 11.8. The molecule has 6 heteroatoms. The van der Waals surface area contributed by atoms with Crippen molar-refractivity contribution in [2.24, 2.45) is 5.73 Å². The van der Waals surface area contributed by atoms with Gasteiger partial charge in [-0.25, -0.2) is 4.79 Å². The molecule has 1 atom stereocenters. The van der Waals surface area contributed by atoms with Crippen molar-refractivity contribution in [2.75, 3.05) is 6.54 Å². The van der Waals surface area contributed by atoms with Gasteiger partial charge in [-0.2, -0.15) is 0 Å². The van der Waals surface area contributed by atoms with E-state index in [0.29, 0.717) is 0 Å². The Kier molecular flexibility index (Phi) is 3.75. The van der Waals surface area contributed by atoms with Crippen LogP contribution in [0.15, 0.2) is 0 Å². The molecule has 96 valence electrons. The Hall–Kier alpha value is -1.59. The topological polar surface area (TPSA) is 89.7 Å². The van der Waals surface area contributed by atoms with Gasteiger partial charge in [0, 0.05) is 19.4 Å². The second kappa shape index (κ2) is 4.73. The number of amides is 2. The van der Waals surface area contributed by atoms with Gasteiger partial charge >= 0.3 is 6.09 Å². The molecule has 1 aliphatic rings. The van der Waals surface area contributed by atoms with Crippen LogP contribution < -0.4 is 5.73 Å². The number of carbonyl (C=O) groups is 3. The minimum absolute atomic E-state index is 0.0193. The van der Waals surface area contributed by atoms with Crippen molar-refractivity contribution in [3.05, 3.63) is 0 Å². The number of ketones is 1. The molecule has 0 bridgehead atoms. The summed E-state index contributed by atoms with van der Waals surface area (Å²) < 4.78 is 5.16. The molecule has 2 amide bonds. The first-order chi connectivity index (χ1) is 7.70. The Labute approximate surface area is 100 Å². The molecule has 1 fully saturated rings. The van der Waals surface area contributed by atoms with Crippen molar-refractivity contribution in [3.8, 4) is 0 Å². The minimum Gasteiger partial charge on any atom is -0.444 e. The molecular formula is C11H18N2O4. The van der Waals surface area contributed by atoms with E-state index in [1.54, 1.807) is 20.8 Å². The smallest absolute Gasteiger partial charge is 0.410 e. The second-order valence-electron chi connectivity index (χ2n) is 5.08. The number of Topliss-reactive ketones (excluding diaryl/α,β-unsaturated/α-hetero) is 1. The molecule has 17 heavy (non-hydrogen) atoms. The highest BCUT2D eigenvalue weighted by Crippen LogP contribution is 2.18. The maximum Gasteiger partial charge on any atom is 0.410 e. The van der Waals surface area contributed by atoms with E-state index in [1.165, 1.54) is 4.90 Å². The van der Waals surface area contributed by atoms with Gasteiger partial charge in [0.15, 0.2) is 0 Å². The lowest BCUT2D eigenvalue weighted by molar-refractivity contribution is -0.131. The van der Waals surface area contributed by atoms with Crippen LogP contribution in [0.4, 0.5) is 4.79 Å². The second-order valence-corrected chi connectivity index (χ2v) is 5.08. The molecule has 1 saturated heterocycles. The van der Waals surface area contributed by atoms with Crippen molar-refractivity contribution < 1.29 is 19.1 Å². The third-order valence-corrected chi connectivity index (χ3v) is 2.39. The lowest BCUT2D eigenvalue weighted by Gasteiger charge is -2.34. The van der Waals surface area contributed by atoms with Crippen molar-refractivity contribution in [1.82, 2.24) is 4.90 Å². The summed E-state index contributed by atoms with van der Waals surface area (Å²) in [5.74, 6) is -0.738. The van der Waals surface area contributed by atoms with Gasteiger partial charge in [0.05, 0.1) is 0 Å². The van der Waals surface area contributed by atoms with E-state index in [-0.39, 0.29) is 25.2 Å². The number of ether oxygens (including phenoxy) is 1. The molecule has 2 N–H and O–H groups in total. The van der Waals surface area contributed by atoms with Crippen LogP contribution in [0, 0.1) is 0 Å². The van der Waals surface area contributed by atoms with Crippen LogP contribution in [0.3, 0.4) is 0 Å². The zero-order valence-corrected chi connectivity index (χ0v) is 10.4. The summed E-state index contributed by atoms with van der Waals surface area (Å²) in [7, 11) is 0. The first kappa shape index (κ1) is 13.5. The van der Waals surface area contributed by atoms with Gasteiger partial charge < -0.3 is 10.5 Å². The quantitative estimate of drug-likeness (QED) is 0.722. The molecule has 0 aromatic rings. The first-order valence-electron chi connectivity index (χ1n) is 5.51. The Morgan fingerprint density at radius 1 is 1.41 bits per heavy atom. The molecule has 6 nitrogen and oxygen atoms in total. The number of piperidine rings is 1. The van der Waals surface area contributed by atoms with Crippen molar-refractivity contribution in [1.29, 1.82) is 0 Å². The molecule has 0 spiro atoms. The molecule has 0 saturated carbocycles. The summed E-state index contributed by atoms with van der Waals surface area (Å²) in [5, 5.41) is 0. The highest BCUT2D eigenvalue weighted by molar-refractivity contribution is 5.92.